The molecule has 0 bridgehead atoms. The highest BCUT2D eigenvalue weighted by Crippen LogP contribution is 2.45. The van der Waals surface area contributed by atoms with Crippen molar-refractivity contribution in [1.82, 2.24) is 9.80 Å². The Balaban J connectivity index is 1.33. The van der Waals surface area contributed by atoms with E-state index in [0.717, 1.165) is 45.2 Å². The highest BCUT2D eigenvalue weighted by Gasteiger charge is 2.62. The molecule has 6 nitrogen and oxygen atoms in total. The van der Waals surface area contributed by atoms with Crippen molar-refractivity contribution < 1.29 is 19.1 Å². The number of hydrogen-bond acceptors (Lipinski definition) is 4. The van der Waals surface area contributed by atoms with E-state index in [-0.39, 0.29) is 23.6 Å². The van der Waals surface area contributed by atoms with Gasteiger partial charge in [-0.15, -0.1) is 0 Å². The van der Waals surface area contributed by atoms with Gasteiger partial charge in [0, 0.05) is 45.9 Å². The van der Waals surface area contributed by atoms with Crippen molar-refractivity contribution in [3.8, 4) is 0 Å². The van der Waals surface area contributed by atoms with Crippen LogP contribution in [-0.2, 0) is 19.1 Å². The van der Waals surface area contributed by atoms with Gasteiger partial charge in [0.05, 0.1) is 5.54 Å². The van der Waals surface area contributed by atoms with Gasteiger partial charge in [-0.3, -0.25) is 9.59 Å². The molecule has 1 atom stereocenters. The van der Waals surface area contributed by atoms with Gasteiger partial charge in [0.15, 0.2) is 6.10 Å². The molecule has 1 spiro atoms. The zero-order valence-electron chi connectivity index (χ0n) is 16.7. The summed E-state index contributed by atoms with van der Waals surface area (Å²) in [5.74, 6) is 1.05. The maximum absolute atomic E-state index is 12.7. The average molecular weight is 379 g/mol. The fraction of sp³-hybridized carbons (Fsp3) is 0.905. The van der Waals surface area contributed by atoms with Crippen LogP contribution < -0.4 is 0 Å². The molecule has 6 heteroatoms. The first-order valence-corrected chi connectivity index (χ1v) is 10.9. The van der Waals surface area contributed by atoms with Crippen LogP contribution in [0.5, 0.6) is 0 Å². The second kappa shape index (κ2) is 8.08. The minimum atomic E-state index is -0.313. The van der Waals surface area contributed by atoms with Gasteiger partial charge in [-0.05, 0) is 44.4 Å². The molecule has 0 aromatic heterocycles. The summed E-state index contributed by atoms with van der Waals surface area (Å²) in [6.45, 7) is 2.96. The van der Waals surface area contributed by atoms with E-state index in [4.69, 9.17) is 9.47 Å². The molecule has 2 amide bonds. The minimum absolute atomic E-state index is 0.131. The largest absolute Gasteiger partial charge is 0.381 e. The number of carbonyl (C=O) groups excluding carboxylic acids is 2. The van der Waals surface area contributed by atoms with E-state index in [9.17, 15) is 9.59 Å². The Kier molecular flexibility index (Phi) is 5.74. The van der Waals surface area contributed by atoms with Crippen LogP contribution >= 0.6 is 0 Å². The third kappa shape index (κ3) is 3.51. The minimum Gasteiger partial charge on any atom is -0.381 e. The Labute approximate surface area is 162 Å². The van der Waals surface area contributed by atoms with Gasteiger partial charge in [0.1, 0.15) is 0 Å². The Morgan fingerprint density at radius 1 is 1.11 bits per heavy atom. The van der Waals surface area contributed by atoms with Gasteiger partial charge < -0.3 is 19.3 Å². The number of β-lactam (4-membered cyclic amide) rings is 1. The maximum atomic E-state index is 12.7. The third-order valence-electron chi connectivity index (χ3n) is 7.39. The lowest BCUT2D eigenvalue weighted by Crippen LogP contribution is -2.79. The van der Waals surface area contributed by atoms with Gasteiger partial charge in [0.25, 0.3) is 5.91 Å². The third-order valence-corrected chi connectivity index (χ3v) is 7.39. The van der Waals surface area contributed by atoms with Crippen molar-refractivity contribution >= 4 is 11.8 Å². The maximum Gasteiger partial charge on any atom is 0.254 e. The Morgan fingerprint density at radius 2 is 1.78 bits per heavy atom. The van der Waals surface area contributed by atoms with E-state index in [1.54, 1.807) is 7.11 Å². The van der Waals surface area contributed by atoms with Crippen LogP contribution in [0.1, 0.15) is 64.2 Å². The van der Waals surface area contributed by atoms with Crippen LogP contribution in [-0.4, -0.2) is 72.7 Å². The molecule has 3 heterocycles. The molecule has 1 aliphatic carbocycles. The number of hydrogen-bond donors (Lipinski definition) is 0. The van der Waals surface area contributed by atoms with Crippen LogP contribution in [0, 0.1) is 5.92 Å². The number of likely N-dealkylation sites (tertiary alicyclic amines) is 2. The van der Waals surface area contributed by atoms with E-state index in [1.807, 2.05) is 4.90 Å². The van der Waals surface area contributed by atoms with Crippen molar-refractivity contribution in [3.63, 3.8) is 0 Å². The molecule has 0 aromatic carbocycles. The smallest absolute Gasteiger partial charge is 0.254 e. The number of nitrogens with zero attached hydrogens (tertiary/aromatic N) is 2. The van der Waals surface area contributed by atoms with Crippen molar-refractivity contribution in [2.24, 2.45) is 5.92 Å². The molecule has 1 unspecified atom stereocenters. The summed E-state index contributed by atoms with van der Waals surface area (Å²) in [4.78, 5) is 29.6. The molecule has 4 rings (SSSR count). The summed E-state index contributed by atoms with van der Waals surface area (Å²) < 4.78 is 11.1. The van der Waals surface area contributed by atoms with Gasteiger partial charge >= 0.3 is 0 Å². The van der Waals surface area contributed by atoms with Crippen molar-refractivity contribution in [2.45, 2.75) is 81.9 Å². The first kappa shape index (κ1) is 19.2. The van der Waals surface area contributed by atoms with Crippen LogP contribution in [0.2, 0.25) is 0 Å². The number of carbonyl (C=O) groups is 2. The Bertz CT molecular complexity index is 546. The summed E-state index contributed by atoms with van der Waals surface area (Å²) >= 11 is 0. The summed E-state index contributed by atoms with van der Waals surface area (Å²) in [5.41, 5.74) is -0.178. The van der Waals surface area contributed by atoms with Gasteiger partial charge in [-0.1, -0.05) is 19.3 Å². The molecule has 27 heavy (non-hydrogen) atoms. The zero-order valence-corrected chi connectivity index (χ0v) is 16.7. The van der Waals surface area contributed by atoms with Crippen LogP contribution in [0.15, 0.2) is 0 Å². The molecular weight excluding hydrogens is 344 g/mol. The molecule has 1 saturated carbocycles. The summed E-state index contributed by atoms with van der Waals surface area (Å²) in [6.07, 6.45) is 10.2. The molecule has 152 valence electrons. The van der Waals surface area contributed by atoms with Gasteiger partial charge in [0.2, 0.25) is 5.91 Å². The Hall–Kier alpha value is -1.14. The van der Waals surface area contributed by atoms with Gasteiger partial charge in [-0.2, -0.15) is 0 Å². The number of amides is 2. The second-order valence-corrected chi connectivity index (χ2v) is 8.86. The van der Waals surface area contributed by atoms with Crippen LogP contribution in [0.4, 0.5) is 0 Å². The quantitative estimate of drug-likeness (QED) is 0.705. The molecular formula is C21H34N2O4. The molecule has 0 N–H and O–H groups in total. The van der Waals surface area contributed by atoms with Crippen molar-refractivity contribution in [2.75, 3.05) is 33.4 Å². The lowest BCUT2D eigenvalue weighted by molar-refractivity contribution is -0.213. The number of methoxy groups -OCH3 is 1. The van der Waals surface area contributed by atoms with Crippen LogP contribution in [0.3, 0.4) is 0 Å². The highest BCUT2D eigenvalue weighted by atomic mass is 16.5. The monoisotopic (exact) mass is 378 g/mol. The van der Waals surface area contributed by atoms with Crippen LogP contribution in [0.25, 0.3) is 0 Å². The van der Waals surface area contributed by atoms with Crippen molar-refractivity contribution in [1.29, 1.82) is 0 Å². The number of rotatable bonds is 4. The fourth-order valence-corrected chi connectivity index (χ4v) is 5.87. The van der Waals surface area contributed by atoms with E-state index in [0.29, 0.717) is 25.0 Å². The molecule has 4 aliphatic rings. The standard InChI is InChI=1S/C21H34N2O4/c1-26-19-20(25)23(21(19)9-13-27-14-10-21)17-7-11-22(12-8-17)18(24)15-16-5-3-2-4-6-16/h16-17,19H,2-15H2,1H3. The Morgan fingerprint density at radius 3 is 2.41 bits per heavy atom. The summed E-state index contributed by atoms with van der Waals surface area (Å²) in [5, 5.41) is 0. The normalized spacial score (nSPS) is 29.8. The van der Waals surface area contributed by atoms with Gasteiger partial charge in [-0.25, -0.2) is 0 Å². The highest BCUT2D eigenvalue weighted by molar-refractivity contribution is 5.91. The van der Waals surface area contributed by atoms with E-state index < -0.39 is 0 Å². The van der Waals surface area contributed by atoms with Crippen molar-refractivity contribution in [3.05, 3.63) is 0 Å². The van der Waals surface area contributed by atoms with E-state index in [2.05, 4.69) is 4.90 Å². The SMILES string of the molecule is COC1C(=O)N(C2CCN(C(=O)CC3CCCCC3)CC2)C12CCOCC2. The molecule has 0 aromatic rings. The topological polar surface area (TPSA) is 59.1 Å². The zero-order chi connectivity index (χ0) is 18.9. The number of piperidine rings is 1. The molecule has 3 aliphatic heterocycles. The number of ether oxygens (including phenoxy) is 2. The predicted octanol–water partition coefficient (Wildman–Crippen LogP) is 2.35. The molecule has 4 fully saturated rings. The molecule has 0 radical (unpaired) electrons. The average Bonchev–Trinajstić information content (AvgIpc) is 2.70. The lowest BCUT2D eigenvalue weighted by atomic mass is 9.72. The summed E-state index contributed by atoms with van der Waals surface area (Å²) in [7, 11) is 1.64. The summed E-state index contributed by atoms with van der Waals surface area (Å²) in [6, 6.07) is 0.237. The predicted molar refractivity (Wildman–Crippen MR) is 101 cm³/mol. The fourth-order valence-electron chi connectivity index (χ4n) is 5.87. The van der Waals surface area contributed by atoms with E-state index in [1.165, 1.54) is 32.1 Å². The van der Waals surface area contributed by atoms with E-state index >= 15 is 0 Å². The second-order valence-electron chi connectivity index (χ2n) is 8.86. The molecule has 3 saturated heterocycles. The first-order chi connectivity index (χ1) is 13.2. The lowest BCUT2D eigenvalue weighted by Gasteiger charge is -2.61. The first-order valence-electron chi connectivity index (χ1n) is 10.9.